The van der Waals surface area contributed by atoms with E-state index in [2.05, 4.69) is 43.6 Å². The van der Waals surface area contributed by atoms with Crippen molar-refractivity contribution in [3.63, 3.8) is 0 Å². The molecule has 2 aromatic carbocycles. The average molecular weight is 858 g/mol. The number of likely N-dealkylation sites (tertiary alicyclic amines) is 2. The molecule has 4 heterocycles. The summed E-state index contributed by atoms with van der Waals surface area (Å²) in [7, 11) is 6.17. The first-order valence-corrected chi connectivity index (χ1v) is 17.2. The summed E-state index contributed by atoms with van der Waals surface area (Å²) in [5.74, 6) is 10.2. The van der Waals surface area contributed by atoms with Crippen LogP contribution in [0.25, 0.3) is 11.3 Å². The molecule has 2 atom stereocenters. The second kappa shape index (κ2) is 20.3. The summed E-state index contributed by atoms with van der Waals surface area (Å²) >= 11 is 16.9. The topological polar surface area (TPSA) is 151 Å². The molecule has 20 heteroatoms. The van der Waals surface area contributed by atoms with Crippen LogP contribution in [0.2, 0.25) is 15.7 Å². The minimum Gasteiger partial charge on any atom is -0.481 e. The Morgan fingerprint density at radius 1 is 0.732 bits per heavy atom. The summed E-state index contributed by atoms with van der Waals surface area (Å²) in [6.45, 7) is -4.23. The van der Waals surface area contributed by atoms with Crippen LogP contribution in [0.3, 0.4) is 0 Å². The molecule has 0 radical (unpaired) electrons. The number of aromatic nitrogens is 4. The Bertz CT molecular complexity index is 2190. The third-order valence-corrected chi connectivity index (χ3v) is 8.54. The average Bonchev–Trinajstić information content (AvgIpc) is 3.57. The van der Waals surface area contributed by atoms with Gasteiger partial charge in [0.1, 0.15) is 5.15 Å². The minimum atomic E-state index is -5.09. The maximum atomic E-state index is 12.6. The van der Waals surface area contributed by atoms with Crippen LogP contribution in [0.15, 0.2) is 60.7 Å². The molecule has 2 fully saturated rings. The molecule has 2 N–H and O–H groups in total. The van der Waals surface area contributed by atoms with Crippen molar-refractivity contribution in [2.75, 3.05) is 41.4 Å². The molecule has 6 rings (SSSR count). The summed E-state index contributed by atoms with van der Waals surface area (Å²) in [6, 6.07) is 15.0. The predicted molar refractivity (Wildman–Crippen MR) is 201 cm³/mol. The number of methoxy groups -OCH3 is 2. The molecule has 288 valence electrons. The first-order valence-electron chi connectivity index (χ1n) is 16.1. The van der Waals surface area contributed by atoms with E-state index in [4.69, 9.17) is 44.3 Å². The summed E-state index contributed by atoms with van der Waals surface area (Å²) in [6.07, 6.45) is 0.450. The van der Waals surface area contributed by atoms with Crippen molar-refractivity contribution in [3.8, 4) is 46.7 Å². The molecule has 2 aliphatic heterocycles. The molecule has 56 heavy (non-hydrogen) atoms. The van der Waals surface area contributed by atoms with Gasteiger partial charge in [-0.3, -0.25) is 9.59 Å². The number of carbonyl (C=O) groups excluding carboxylic acids is 2. The molecule has 0 saturated carbocycles. The second-order valence-corrected chi connectivity index (χ2v) is 13.1. The summed E-state index contributed by atoms with van der Waals surface area (Å²) in [4.78, 5) is 41.9. The van der Waals surface area contributed by atoms with E-state index in [-0.39, 0.29) is 85.0 Å². The SMILES string of the molecule is CN1CC[C@@](O)(C#Cc2cccc([B-](F)(F)F)c2)C1=O.COc1cc(-c2cccc(C#C[C@]3(O)CCN(C)C3=O)c2)nc(Cl)n1.COc1cc(Cl)nc(Cl)n1.[K+]. The summed E-state index contributed by atoms with van der Waals surface area (Å²) in [5, 5.41) is 20.8. The third-order valence-electron chi connectivity index (χ3n) is 8.01. The first-order chi connectivity index (χ1) is 25.9. The molecule has 0 spiro atoms. The van der Waals surface area contributed by atoms with Gasteiger partial charge in [-0.05, 0) is 41.4 Å². The van der Waals surface area contributed by atoms with Crippen LogP contribution in [0, 0.1) is 23.7 Å². The van der Waals surface area contributed by atoms with Gasteiger partial charge in [-0.1, -0.05) is 65.6 Å². The second-order valence-electron chi connectivity index (χ2n) is 12.0. The van der Waals surface area contributed by atoms with Crippen molar-refractivity contribution in [3.05, 3.63) is 87.5 Å². The molecule has 0 bridgehead atoms. The molecule has 2 amide bonds. The smallest absolute Gasteiger partial charge is 0.481 e. The van der Waals surface area contributed by atoms with E-state index in [9.17, 15) is 32.7 Å². The van der Waals surface area contributed by atoms with Crippen molar-refractivity contribution in [2.24, 2.45) is 0 Å². The zero-order valence-electron chi connectivity index (χ0n) is 30.7. The number of likely N-dealkylation sites (N-methyl/N-ethyl adjacent to an activating group) is 2. The molecule has 2 saturated heterocycles. The minimum absolute atomic E-state index is 0. The van der Waals surface area contributed by atoms with E-state index in [1.54, 1.807) is 25.2 Å². The van der Waals surface area contributed by atoms with Gasteiger partial charge in [0.05, 0.1) is 19.9 Å². The third kappa shape index (κ3) is 12.8. The monoisotopic (exact) mass is 856 g/mol. The fourth-order valence-electron chi connectivity index (χ4n) is 4.99. The first kappa shape index (κ1) is 46.9. The van der Waals surface area contributed by atoms with Crippen LogP contribution in [-0.4, -0.2) is 111 Å². The molecular weight excluding hydrogens is 826 g/mol. The van der Waals surface area contributed by atoms with Crippen LogP contribution < -0.4 is 66.3 Å². The maximum absolute atomic E-state index is 12.6. The zero-order chi connectivity index (χ0) is 40.6. The fourth-order valence-corrected chi connectivity index (χ4v) is 5.56. The van der Waals surface area contributed by atoms with E-state index in [0.717, 1.165) is 17.7 Å². The van der Waals surface area contributed by atoms with E-state index in [1.807, 2.05) is 12.1 Å². The Kier molecular flexibility index (Phi) is 17.0. The van der Waals surface area contributed by atoms with Gasteiger partial charge in [0.25, 0.3) is 11.8 Å². The van der Waals surface area contributed by atoms with Gasteiger partial charge < -0.3 is 42.4 Å². The number of ether oxygens (including phenoxy) is 2. The number of benzene rings is 2. The molecule has 12 nitrogen and oxygen atoms in total. The van der Waals surface area contributed by atoms with Crippen LogP contribution >= 0.6 is 34.8 Å². The van der Waals surface area contributed by atoms with E-state index < -0.39 is 29.5 Å². The Morgan fingerprint density at radius 3 is 1.68 bits per heavy atom. The number of hydrogen-bond acceptors (Lipinski definition) is 10. The molecule has 0 unspecified atom stereocenters. The molecule has 4 aromatic rings. The van der Waals surface area contributed by atoms with Crippen molar-refractivity contribution in [1.29, 1.82) is 0 Å². The Labute approximate surface area is 378 Å². The summed E-state index contributed by atoms with van der Waals surface area (Å²) in [5.41, 5.74) is -2.02. The number of aliphatic hydroxyl groups is 2. The molecule has 2 aliphatic rings. The van der Waals surface area contributed by atoms with Gasteiger partial charge in [0.15, 0.2) is 0 Å². The Morgan fingerprint density at radius 2 is 1.21 bits per heavy atom. The van der Waals surface area contributed by atoms with Gasteiger partial charge in [-0.25, -0.2) is 9.97 Å². The summed E-state index contributed by atoms with van der Waals surface area (Å²) < 4.78 is 47.7. The predicted octanol–water partition coefficient (Wildman–Crippen LogP) is 1.23. The Hall–Kier alpha value is -3.46. The van der Waals surface area contributed by atoms with Crippen LogP contribution in [0.5, 0.6) is 11.8 Å². The zero-order valence-corrected chi connectivity index (χ0v) is 36.0. The van der Waals surface area contributed by atoms with Crippen LogP contribution in [0.1, 0.15) is 24.0 Å². The molecule has 0 aliphatic carbocycles. The van der Waals surface area contributed by atoms with Gasteiger partial charge in [0, 0.05) is 68.8 Å². The number of carbonyl (C=O) groups is 2. The van der Waals surface area contributed by atoms with E-state index >= 15 is 0 Å². The maximum Gasteiger partial charge on any atom is 1.00 e. The van der Waals surface area contributed by atoms with Crippen molar-refractivity contribution in [1.82, 2.24) is 29.7 Å². The van der Waals surface area contributed by atoms with Crippen molar-refractivity contribution >= 4 is 59.1 Å². The van der Waals surface area contributed by atoms with E-state index in [1.165, 1.54) is 49.3 Å². The van der Waals surface area contributed by atoms with Crippen molar-refractivity contribution in [2.45, 2.75) is 24.0 Å². The van der Waals surface area contributed by atoms with E-state index in [0.29, 0.717) is 42.5 Å². The van der Waals surface area contributed by atoms with Crippen LogP contribution in [0.4, 0.5) is 12.9 Å². The molecular formula is C36H32BCl3F3KN6O6. The number of halogens is 6. The van der Waals surface area contributed by atoms with Gasteiger partial charge in [0.2, 0.25) is 33.5 Å². The number of nitrogens with zero attached hydrogens (tertiary/aromatic N) is 6. The number of hydrogen-bond donors (Lipinski definition) is 2. The fraction of sp³-hybridized carbons (Fsp3) is 0.278. The quantitative estimate of drug-likeness (QED) is 0.133. The van der Waals surface area contributed by atoms with Crippen LogP contribution in [-0.2, 0) is 9.59 Å². The van der Waals surface area contributed by atoms with Gasteiger partial charge in [-0.15, -0.1) is 5.46 Å². The van der Waals surface area contributed by atoms with Crippen molar-refractivity contribution < 1.29 is 93.6 Å². The van der Waals surface area contributed by atoms with Gasteiger partial charge in [-0.2, -0.15) is 9.97 Å². The standard InChI is InChI=1S/C18H16ClN3O3.C13H12BF3NO2.C5H4Cl2N2O.K/c1-22-9-8-18(24,16(22)23)7-6-12-4-3-5-13(10-12)14-11-15(25-2)21-17(19)20-14;1-18-8-7-13(20,12(18)19)6-5-10-3-2-4-11(9-10)14(15,16)17;1-10-4-2-3(6)8-5(7)9-4;/h3-5,10-11,24H,8-9H2,1-2H3;2-4,9,20H,7-8H2,1H3;2H,1H3;/q;-1;;+1/t18-;13-;;/m00../s1. The Balaban J connectivity index is 0.000000242. The normalized spacial score (nSPS) is 18.5. The largest absolute Gasteiger partial charge is 1.00 e. The van der Waals surface area contributed by atoms with Gasteiger partial charge >= 0.3 is 58.4 Å². The molecule has 2 aromatic heterocycles. The number of amides is 2. The number of rotatable bonds is 4.